The molecule has 1 aromatic rings. The van der Waals surface area contributed by atoms with E-state index in [1.54, 1.807) is 6.07 Å². The summed E-state index contributed by atoms with van der Waals surface area (Å²) in [5.41, 5.74) is 5.50. The second kappa shape index (κ2) is 5.39. The van der Waals surface area contributed by atoms with Crippen molar-refractivity contribution in [3.8, 4) is 0 Å². The zero-order valence-corrected chi connectivity index (χ0v) is 8.53. The fraction of sp³-hybridized carbons (Fsp3) is 0.556. The Morgan fingerprint density at radius 3 is 3.00 bits per heavy atom. The molecule has 1 aromatic heterocycles. The van der Waals surface area contributed by atoms with E-state index in [1.165, 1.54) is 6.33 Å². The number of nitrogens with one attached hydrogen (secondary N) is 1. The van der Waals surface area contributed by atoms with Crippen LogP contribution >= 0.6 is 0 Å². The first-order chi connectivity index (χ1) is 6.72. The van der Waals surface area contributed by atoms with E-state index < -0.39 is 0 Å². The van der Waals surface area contributed by atoms with E-state index in [1.807, 2.05) is 13.8 Å². The molecular weight excluding hydrogens is 180 g/mol. The summed E-state index contributed by atoms with van der Waals surface area (Å²) >= 11 is 0. The molecule has 0 aliphatic heterocycles. The molecule has 14 heavy (non-hydrogen) atoms. The van der Waals surface area contributed by atoms with Crippen LogP contribution in [-0.2, 0) is 4.74 Å². The molecule has 1 unspecified atom stereocenters. The Bertz CT molecular complexity index is 279. The minimum absolute atomic E-state index is 0.163. The van der Waals surface area contributed by atoms with Crippen molar-refractivity contribution in [2.45, 2.75) is 20.0 Å². The summed E-state index contributed by atoms with van der Waals surface area (Å²) in [6.45, 7) is 5.40. The summed E-state index contributed by atoms with van der Waals surface area (Å²) in [5.74, 6) is 1.19. The van der Waals surface area contributed by atoms with Gasteiger partial charge in [0.1, 0.15) is 18.0 Å². The number of hydrogen-bond donors (Lipinski definition) is 2. The van der Waals surface area contributed by atoms with Gasteiger partial charge in [-0.1, -0.05) is 0 Å². The van der Waals surface area contributed by atoms with Crippen LogP contribution in [0, 0.1) is 0 Å². The third-order valence-corrected chi connectivity index (χ3v) is 1.71. The first kappa shape index (κ1) is 10.7. The third-order valence-electron chi connectivity index (χ3n) is 1.71. The molecule has 5 heteroatoms. The molecule has 78 valence electrons. The lowest BCUT2D eigenvalue weighted by molar-refractivity contribution is 0.0855. The molecule has 1 rings (SSSR count). The number of anilines is 2. The molecule has 1 atom stereocenters. The number of ether oxygens (including phenoxy) is 1. The van der Waals surface area contributed by atoms with Gasteiger partial charge >= 0.3 is 0 Å². The van der Waals surface area contributed by atoms with E-state index in [0.717, 1.165) is 12.4 Å². The minimum Gasteiger partial charge on any atom is -0.384 e. The Morgan fingerprint density at radius 1 is 1.57 bits per heavy atom. The van der Waals surface area contributed by atoms with Gasteiger partial charge in [-0.2, -0.15) is 0 Å². The van der Waals surface area contributed by atoms with Crippen molar-refractivity contribution in [2.24, 2.45) is 0 Å². The first-order valence-corrected chi connectivity index (χ1v) is 4.65. The normalized spacial score (nSPS) is 12.4. The van der Waals surface area contributed by atoms with Crippen molar-refractivity contribution in [1.29, 1.82) is 0 Å². The van der Waals surface area contributed by atoms with Gasteiger partial charge in [0, 0.05) is 19.2 Å². The number of hydrogen-bond acceptors (Lipinski definition) is 5. The Kier molecular flexibility index (Phi) is 4.12. The lowest BCUT2D eigenvalue weighted by Gasteiger charge is -2.12. The predicted octanol–water partition coefficient (Wildman–Crippen LogP) is 0.896. The summed E-state index contributed by atoms with van der Waals surface area (Å²) in [7, 11) is 0. The third kappa shape index (κ3) is 3.57. The molecule has 0 spiro atoms. The van der Waals surface area contributed by atoms with Gasteiger partial charge in [0.25, 0.3) is 0 Å². The van der Waals surface area contributed by atoms with E-state index in [2.05, 4.69) is 15.3 Å². The van der Waals surface area contributed by atoms with E-state index >= 15 is 0 Å². The van der Waals surface area contributed by atoms with E-state index in [0.29, 0.717) is 12.4 Å². The molecule has 0 aliphatic carbocycles. The molecule has 0 bridgehead atoms. The zero-order chi connectivity index (χ0) is 10.4. The molecule has 0 aromatic carbocycles. The summed E-state index contributed by atoms with van der Waals surface area (Å²) in [5, 5.41) is 3.11. The zero-order valence-electron chi connectivity index (χ0n) is 8.53. The van der Waals surface area contributed by atoms with Crippen molar-refractivity contribution < 1.29 is 4.74 Å². The average Bonchev–Trinajstić information content (AvgIpc) is 2.15. The van der Waals surface area contributed by atoms with Crippen LogP contribution in [0.3, 0.4) is 0 Å². The fourth-order valence-corrected chi connectivity index (χ4v) is 1.06. The molecule has 0 amide bonds. The predicted molar refractivity (Wildman–Crippen MR) is 56.0 cm³/mol. The Balaban J connectivity index is 2.37. The number of nitrogens with zero attached hydrogens (tertiary/aromatic N) is 2. The van der Waals surface area contributed by atoms with Crippen LogP contribution in [0.1, 0.15) is 13.8 Å². The highest BCUT2D eigenvalue weighted by Crippen LogP contribution is 2.04. The van der Waals surface area contributed by atoms with Gasteiger partial charge in [-0.05, 0) is 13.8 Å². The van der Waals surface area contributed by atoms with Crippen molar-refractivity contribution in [1.82, 2.24) is 9.97 Å². The monoisotopic (exact) mass is 196 g/mol. The standard InChI is InChI=1S/C9H16N4O/c1-3-14-7(2)5-11-9-4-8(10)12-6-13-9/h4,6-7H,3,5H2,1-2H3,(H3,10,11,12,13). The van der Waals surface area contributed by atoms with Crippen LogP contribution in [0.5, 0.6) is 0 Å². The molecule has 5 nitrogen and oxygen atoms in total. The fourth-order valence-electron chi connectivity index (χ4n) is 1.06. The molecule has 0 saturated carbocycles. The number of aromatic nitrogens is 2. The molecule has 3 N–H and O–H groups in total. The van der Waals surface area contributed by atoms with Gasteiger partial charge in [0.05, 0.1) is 6.10 Å². The maximum atomic E-state index is 5.50. The van der Waals surface area contributed by atoms with Crippen molar-refractivity contribution in [3.05, 3.63) is 12.4 Å². The number of rotatable bonds is 5. The maximum absolute atomic E-state index is 5.50. The van der Waals surface area contributed by atoms with Gasteiger partial charge in [-0.15, -0.1) is 0 Å². The summed E-state index contributed by atoms with van der Waals surface area (Å²) < 4.78 is 5.36. The smallest absolute Gasteiger partial charge is 0.131 e. The lowest BCUT2D eigenvalue weighted by atomic mass is 10.4. The van der Waals surface area contributed by atoms with E-state index in [9.17, 15) is 0 Å². The summed E-state index contributed by atoms with van der Waals surface area (Å²) in [6, 6.07) is 1.69. The highest BCUT2D eigenvalue weighted by Gasteiger charge is 2.01. The SMILES string of the molecule is CCOC(C)CNc1cc(N)ncn1. The topological polar surface area (TPSA) is 73.1 Å². The Labute approximate surface area is 83.7 Å². The first-order valence-electron chi connectivity index (χ1n) is 4.65. The molecule has 0 fully saturated rings. The van der Waals surface area contributed by atoms with Gasteiger partial charge in [-0.25, -0.2) is 9.97 Å². The molecule has 0 radical (unpaired) electrons. The quantitative estimate of drug-likeness (QED) is 0.731. The van der Waals surface area contributed by atoms with Crippen LogP contribution in [0.25, 0.3) is 0 Å². The van der Waals surface area contributed by atoms with Crippen LogP contribution < -0.4 is 11.1 Å². The minimum atomic E-state index is 0.163. The molecular formula is C9H16N4O. The lowest BCUT2D eigenvalue weighted by Crippen LogP contribution is -2.20. The number of nitrogens with two attached hydrogens (primary N) is 1. The van der Waals surface area contributed by atoms with Gasteiger partial charge in [0.15, 0.2) is 0 Å². The highest BCUT2D eigenvalue weighted by molar-refractivity contribution is 5.43. The van der Waals surface area contributed by atoms with Gasteiger partial charge in [-0.3, -0.25) is 0 Å². The van der Waals surface area contributed by atoms with Crippen LogP contribution in [0.4, 0.5) is 11.6 Å². The van der Waals surface area contributed by atoms with E-state index in [4.69, 9.17) is 10.5 Å². The maximum Gasteiger partial charge on any atom is 0.131 e. The summed E-state index contributed by atoms with van der Waals surface area (Å²) in [4.78, 5) is 7.81. The second-order valence-corrected chi connectivity index (χ2v) is 2.97. The van der Waals surface area contributed by atoms with Gasteiger partial charge < -0.3 is 15.8 Å². The Hall–Kier alpha value is -1.36. The summed E-state index contributed by atoms with van der Waals surface area (Å²) in [6.07, 6.45) is 1.60. The van der Waals surface area contributed by atoms with Crippen molar-refractivity contribution in [3.63, 3.8) is 0 Å². The van der Waals surface area contributed by atoms with Gasteiger partial charge in [0.2, 0.25) is 0 Å². The van der Waals surface area contributed by atoms with E-state index in [-0.39, 0.29) is 6.10 Å². The molecule has 1 heterocycles. The second-order valence-electron chi connectivity index (χ2n) is 2.97. The van der Waals surface area contributed by atoms with Crippen molar-refractivity contribution >= 4 is 11.6 Å². The van der Waals surface area contributed by atoms with Crippen LogP contribution in [0.2, 0.25) is 0 Å². The largest absolute Gasteiger partial charge is 0.384 e. The Morgan fingerprint density at radius 2 is 2.36 bits per heavy atom. The van der Waals surface area contributed by atoms with Crippen molar-refractivity contribution in [2.75, 3.05) is 24.2 Å². The average molecular weight is 196 g/mol. The molecule has 0 aliphatic rings. The van der Waals surface area contributed by atoms with Crippen LogP contribution in [0.15, 0.2) is 12.4 Å². The van der Waals surface area contributed by atoms with Crippen LogP contribution in [-0.4, -0.2) is 29.2 Å². The number of nitrogen functional groups attached to an aromatic ring is 1. The highest BCUT2D eigenvalue weighted by atomic mass is 16.5. The molecule has 0 saturated heterocycles.